The largest absolute Gasteiger partial charge is 0.388 e. The van der Waals surface area contributed by atoms with Gasteiger partial charge in [0.05, 0.1) is 5.56 Å². The quantitative estimate of drug-likeness (QED) is 0.564. The van der Waals surface area contributed by atoms with Crippen molar-refractivity contribution < 1.29 is 9.90 Å². The summed E-state index contributed by atoms with van der Waals surface area (Å²) in [5.41, 5.74) is 2.80. The molecule has 3 aromatic rings. The fraction of sp³-hybridized carbons (Fsp3) is 0.409. The van der Waals surface area contributed by atoms with E-state index < -0.39 is 6.61 Å². The highest BCUT2D eigenvalue weighted by molar-refractivity contribution is 6.31. The lowest BCUT2D eigenvalue weighted by Crippen LogP contribution is -2.38. The Morgan fingerprint density at radius 1 is 1.27 bits per heavy atom. The van der Waals surface area contributed by atoms with E-state index in [2.05, 4.69) is 44.1 Å². The summed E-state index contributed by atoms with van der Waals surface area (Å²) in [5.74, 6) is 0.887. The summed E-state index contributed by atoms with van der Waals surface area (Å²) in [4.78, 5) is 22.2. The van der Waals surface area contributed by atoms with Crippen molar-refractivity contribution in [2.24, 2.45) is 13.0 Å². The van der Waals surface area contributed by atoms with Gasteiger partial charge < -0.3 is 19.9 Å². The maximum atomic E-state index is 11.5. The first kappa shape index (κ1) is 20.8. The van der Waals surface area contributed by atoms with Gasteiger partial charge in [-0.15, -0.1) is 0 Å². The molecule has 3 heterocycles. The van der Waals surface area contributed by atoms with Gasteiger partial charge in [0.25, 0.3) is 0 Å². The number of hydrogen-bond acceptors (Lipinski definition) is 6. The Hall–Kier alpha value is -2.48. The smallest absolute Gasteiger partial charge is 0.225 e. The van der Waals surface area contributed by atoms with Gasteiger partial charge in [0.15, 0.2) is 5.78 Å². The van der Waals surface area contributed by atoms with Crippen LogP contribution in [0.25, 0.3) is 10.9 Å². The highest BCUT2D eigenvalue weighted by atomic mass is 35.5. The zero-order chi connectivity index (χ0) is 21.1. The molecule has 2 N–H and O–H groups in total. The lowest BCUT2D eigenvalue weighted by atomic mass is 9.97. The second-order valence-corrected chi connectivity index (χ2v) is 8.28. The molecule has 2 aromatic heterocycles. The first-order valence-electron chi connectivity index (χ1n) is 10.2. The molecule has 30 heavy (non-hydrogen) atoms. The van der Waals surface area contributed by atoms with Crippen LogP contribution in [0.15, 0.2) is 36.8 Å². The van der Waals surface area contributed by atoms with Gasteiger partial charge in [-0.3, -0.25) is 4.79 Å². The summed E-state index contributed by atoms with van der Waals surface area (Å²) >= 11 is 6.18. The van der Waals surface area contributed by atoms with E-state index in [1.54, 1.807) is 0 Å². The van der Waals surface area contributed by atoms with E-state index in [1.165, 1.54) is 28.9 Å². The molecule has 1 fully saturated rings. The van der Waals surface area contributed by atoms with Crippen LogP contribution in [0.5, 0.6) is 0 Å². The summed E-state index contributed by atoms with van der Waals surface area (Å²) in [6, 6.07) is 6.02. The number of ketones is 1. The third-order valence-electron chi connectivity index (χ3n) is 5.78. The number of fused-ring (bicyclic) bond motifs is 1. The van der Waals surface area contributed by atoms with E-state index >= 15 is 0 Å². The molecule has 1 saturated heterocycles. The predicted octanol–water partition coefficient (Wildman–Crippen LogP) is 2.80. The van der Waals surface area contributed by atoms with Crippen LogP contribution in [0.2, 0.25) is 5.02 Å². The summed E-state index contributed by atoms with van der Waals surface area (Å²) < 4.78 is 2.14. The fourth-order valence-corrected chi connectivity index (χ4v) is 4.23. The molecule has 4 rings (SSSR count). The minimum absolute atomic E-state index is 0.343. The number of rotatable bonds is 7. The first-order chi connectivity index (χ1) is 14.5. The van der Waals surface area contributed by atoms with Crippen LogP contribution < -0.4 is 10.2 Å². The maximum absolute atomic E-state index is 11.5. The number of aromatic nitrogens is 3. The second-order valence-electron chi connectivity index (χ2n) is 7.84. The van der Waals surface area contributed by atoms with Crippen molar-refractivity contribution in [2.45, 2.75) is 19.4 Å². The van der Waals surface area contributed by atoms with Gasteiger partial charge in [-0.05, 0) is 49.1 Å². The Kier molecular flexibility index (Phi) is 6.32. The Labute approximate surface area is 180 Å². The number of carbonyl (C=O) groups excluding carboxylic acids is 1. The number of halogens is 1. The number of nitrogens with zero attached hydrogens (tertiary/aromatic N) is 4. The van der Waals surface area contributed by atoms with E-state index in [1.807, 2.05) is 12.1 Å². The van der Waals surface area contributed by atoms with Crippen LogP contribution in [0, 0.1) is 5.92 Å². The summed E-state index contributed by atoms with van der Waals surface area (Å²) in [5, 5.41) is 14.5. The van der Waals surface area contributed by atoms with Crippen molar-refractivity contribution in [3.05, 3.63) is 52.9 Å². The highest BCUT2D eigenvalue weighted by Gasteiger charge is 2.21. The van der Waals surface area contributed by atoms with Crippen molar-refractivity contribution in [1.82, 2.24) is 19.9 Å². The molecule has 0 amide bonds. The number of anilines is 1. The molecule has 1 aliphatic heterocycles. The number of hydrogen-bond donors (Lipinski definition) is 2. The summed E-state index contributed by atoms with van der Waals surface area (Å²) in [6.07, 6.45) is 7.28. The van der Waals surface area contributed by atoms with Crippen LogP contribution in [-0.2, 0) is 13.6 Å². The van der Waals surface area contributed by atoms with Crippen molar-refractivity contribution in [3.8, 4) is 0 Å². The van der Waals surface area contributed by atoms with Crippen LogP contribution in [-0.4, -0.2) is 51.7 Å². The van der Waals surface area contributed by atoms with Crippen molar-refractivity contribution >= 4 is 34.2 Å². The van der Waals surface area contributed by atoms with Gasteiger partial charge in [-0.2, -0.15) is 0 Å². The Balaban J connectivity index is 1.27. The van der Waals surface area contributed by atoms with Crippen molar-refractivity contribution in [2.75, 3.05) is 31.1 Å². The SMILES string of the molecule is Cn1cc(CNCC2CCN(c3ncc(C(=O)CO)cn3)CC2)c2cc(Cl)ccc21. The van der Waals surface area contributed by atoms with E-state index in [0.29, 0.717) is 17.4 Å². The van der Waals surface area contributed by atoms with E-state index in [9.17, 15) is 4.79 Å². The molecule has 1 aliphatic rings. The molecule has 0 spiro atoms. The van der Waals surface area contributed by atoms with Crippen molar-refractivity contribution in [1.29, 1.82) is 0 Å². The standard InChI is InChI=1S/C22H26ClN5O2/c1-27-13-17(19-8-18(23)2-3-20(19)27)10-24-9-15-4-6-28(7-5-15)22-25-11-16(12-26-22)21(30)14-29/h2-3,8,11-13,15,24,29H,4-7,9-10,14H2,1H3. The topological polar surface area (TPSA) is 83.3 Å². The normalized spacial score (nSPS) is 15.1. The summed E-state index contributed by atoms with van der Waals surface area (Å²) in [6.45, 7) is 3.05. The Morgan fingerprint density at radius 3 is 2.70 bits per heavy atom. The minimum atomic E-state index is -0.521. The van der Waals surface area contributed by atoms with E-state index in [4.69, 9.17) is 16.7 Å². The van der Waals surface area contributed by atoms with Crippen molar-refractivity contribution in [3.63, 3.8) is 0 Å². The monoisotopic (exact) mass is 427 g/mol. The number of aliphatic hydroxyl groups is 1. The number of aliphatic hydroxyl groups excluding tert-OH is 1. The van der Waals surface area contributed by atoms with E-state index in [0.717, 1.165) is 44.0 Å². The van der Waals surface area contributed by atoms with Gasteiger partial charge in [0.1, 0.15) is 6.61 Å². The molecule has 0 bridgehead atoms. The third kappa shape index (κ3) is 4.48. The average Bonchev–Trinajstić information content (AvgIpc) is 3.08. The van der Waals surface area contributed by atoms with Crippen LogP contribution in [0.3, 0.4) is 0 Å². The molecule has 7 nitrogen and oxygen atoms in total. The number of benzene rings is 1. The minimum Gasteiger partial charge on any atom is -0.388 e. The zero-order valence-electron chi connectivity index (χ0n) is 17.0. The molecule has 8 heteroatoms. The fourth-order valence-electron chi connectivity index (χ4n) is 4.05. The molecule has 0 radical (unpaired) electrons. The van der Waals surface area contributed by atoms with Crippen LogP contribution in [0.1, 0.15) is 28.8 Å². The first-order valence-corrected chi connectivity index (χ1v) is 10.6. The number of carbonyl (C=O) groups is 1. The average molecular weight is 428 g/mol. The lowest BCUT2D eigenvalue weighted by molar-refractivity contribution is 0.0903. The molecule has 0 atom stereocenters. The second kappa shape index (κ2) is 9.12. The van der Waals surface area contributed by atoms with Gasteiger partial charge in [-0.1, -0.05) is 11.6 Å². The van der Waals surface area contributed by atoms with Gasteiger partial charge in [0, 0.05) is 61.2 Å². The van der Waals surface area contributed by atoms with Crippen LogP contribution >= 0.6 is 11.6 Å². The van der Waals surface area contributed by atoms with Gasteiger partial charge >= 0.3 is 0 Å². The molecular formula is C22H26ClN5O2. The van der Waals surface area contributed by atoms with Gasteiger partial charge in [0.2, 0.25) is 5.95 Å². The molecule has 158 valence electrons. The molecule has 0 saturated carbocycles. The van der Waals surface area contributed by atoms with Crippen LogP contribution in [0.4, 0.5) is 5.95 Å². The van der Waals surface area contributed by atoms with E-state index in [-0.39, 0.29) is 5.78 Å². The molecule has 0 aliphatic carbocycles. The van der Waals surface area contributed by atoms with Gasteiger partial charge in [-0.25, -0.2) is 9.97 Å². The number of nitrogens with one attached hydrogen (secondary N) is 1. The molecule has 0 unspecified atom stereocenters. The Bertz CT molecular complexity index is 1030. The highest BCUT2D eigenvalue weighted by Crippen LogP contribution is 2.25. The Morgan fingerprint density at radius 2 is 2.00 bits per heavy atom. The molecular weight excluding hydrogens is 402 g/mol. The third-order valence-corrected chi connectivity index (χ3v) is 6.02. The summed E-state index contributed by atoms with van der Waals surface area (Å²) in [7, 11) is 2.06. The molecule has 1 aromatic carbocycles. The maximum Gasteiger partial charge on any atom is 0.225 e. The lowest BCUT2D eigenvalue weighted by Gasteiger charge is -2.32. The number of Topliss-reactive ketones (excluding diaryl/α,β-unsaturated/α-hetero) is 1. The zero-order valence-corrected chi connectivity index (χ0v) is 17.8. The predicted molar refractivity (Wildman–Crippen MR) is 118 cm³/mol. The number of piperidine rings is 1. The number of aryl methyl sites for hydroxylation is 1.